The minimum absolute atomic E-state index is 0.484. The van der Waals surface area contributed by atoms with Gasteiger partial charge in [-0.15, -0.1) is 0 Å². The molecule has 0 spiro atoms. The van der Waals surface area contributed by atoms with Crippen molar-refractivity contribution in [1.82, 2.24) is 4.98 Å². The van der Waals surface area contributed by atoms with Crippen molar-refractivity contribution in [3.63, 3.8) is 0 Å². The van der Waals surface area contributed by atoms with Gasteiger partial charge in [0, 0.05) is 17.0 Å². The van der Waals surface area contributed by atoms with E-state index in [1.807, 2.05) is 30.3 Å². The van der Waals surface area contributed by atoms with Gasteiger partial charge < -0.3 is 4.74 Å². The lowest BCUT2D eigenvalue weighted by Gasteiger charge is -2.08. The van der Waals surface area contributed by atoms with Crippen LogP contribution in [0.2, 0.25) is 15.1 Å². The zero-order chi connectivity index (χ0) is 15.0. The number of hydrogen-bond donors (Lipinski definition) is 0. The highest BCUT2D eigenvalue weighted by Crippen LogP contribution is 2.32. The summed E-state index contributed by atoms with van der Waals surface area (Å²) in [7, 11) is 1.62. The summed E-state index contributed by atoms with van der Waals surface area (Å²) in [5.41, 5.74) is 2.36. The molecule has 3 aromatic rings. The second-order valence-electron chi connectivity index (χ2n) is 4.50. The summed E-state index contributed by atoms with van der Waals surface area (Å²) >= 11 is 18.3. The predicted molar refractivity (Wildman–Crippen MR) is 88.8 cm³/mol. The van der Waals surface area contributed by atoms with E-state index in [1.165, 1.54) is 0 Å². The van der Waals surface area contributed by atoms with Crippen molar-refractivity contribution < 1.29 is 4.74 Å². The van der Waals surface area contributed by atoms with Crippen LogP contribution < -0.4 is 4.74 Å². The largest absolute Gasteiger partial charge is 0.497 e. The molecule has 0 aliphatic rings. The first-order valence-electron chi connectivity index (χ1n) is 6.18. The molecule has 3 rings (SSSR count). The fourth-order valence-electron chi connectivity index (χ4n) is 2.10. The van der Waals surface area contributed by atoms with Crippen LogP contribution in [0, 0.1) is 0 Å². The number of benzene rings is 2. The van der Waals surface area contributed by atoms with Crippen LogP contribution in [-0.4, -0.2) is 12.1 Å². The maximum atomic E-state index is 6.34. The van der Waals surface area contributed by atoms with E-state index < -0.39 is 0 Å². The van der Waals surface area contributed by atoms with Gasteiger partial charge in [0.2, 0.25) is 0 Å². The van der Waals surface area contributed by atoms with Gasteiger partial charge in [0.25, 0.3) is 0 Å². The zero-order valence-corrected chi connectivity index (χ0v) is 13.3. The molecule has 0 amide bonds. The number of methoxy groups -OCH3 is 1. The SMILES string of the molecule is COc1ccc2c(Cl)cc(-c3ccc(Cl)c(Cl)c3)nc2c1. The van der Waals surface area contributed by atoms with Crippen molar-refractivity contribution in [2.45, 2.75) is 0 Å². The number of rotatable bonds is 2. The van der Waals surface area contributed by atoms with Gasteiger partial charge in [-0.05, 0) is 30.3 Å². The van der Waals surface area contributed by atoms with E-state index in [0.29, 0.717) is 15.1 Å². The molecule has 0 bridgehead atoms. The number of halogens is 3. The van der Waals surface area contributed by atoms with Crippen LogP contribution in [0.1, 0.15) is 0 Å². The Morgan fingerprint density at radius 3 is 2.38 bits per heavy atom. The highest BCUT2D eigenvalue weighted by Gasteiger charge is 2.09. The fourth-order valence-corrected chi connectivity index (χ4v) is 2.66. The van der Waals surface area contributed by atoms with E-state index in [1.54, 1.807) is 19.2 Å². The molecule has 1 heterocycles. The van der Waals surface area contributed by atoms with Crippen LogP contribution in [0.3, 0.4) is 0 Å². The Kier molecular flexibility index (Phi) is 3.94. The number of ether oxygens (including phenoxy) is 1. The summed E-state index contributed by atoms with van der Waals surface area (Å²) in [6.45, 7) is 0. The van der Waals surface area contributed by atoms with Crippen molar-refractivity contribution in [1.29, 1.82) is 0 Å². The monoisotopic (exact) mass is 337 g/mol. The van der Waals surface area contributed by atoms with Crippen molar-refractivity contribution >= 4 is 45.7 Å². The minimum Gasteiger partial charge on any atom is -0.497 e. The van der Waals surface area contributed by atoms with E-state index in [0.717, 1.165) is 27.9 Å². The smallest absolute Gasteiger partial charge is 0.121 e. The highest BCUT2D eigenvalue weighted by molar-refractivity contribution is 6.42. The van der Waals surface area contributed by atoms with Crippen molar-refractivity contribution in [3.8, 4) is 17.0 Å². The molecule has 2 aromatic carbocycles. The Bertz CT molecular complexity index is 833. The molecular formula is C16H10Cl3NO. The van der Waals surface area contributed by atoms with Gasteiger partial charge in [0.1, 0.15) is 5.75 Å². The topological polar surface area (TPSA) is 22.1 Å². The molecule has 0 aliphatic carbocycles. The highest BCUT2D eigenvalue weighted by atomic mass is 35.5. The molecule has 5 heteroatoms. The minimum atomic E-state index is 0.484. The Morgan fingerprint density at radius 2 is 1.67 bits per heavy atom. The van der Waals surface area contributed by atoms with Gasteiger partial charge >= 0.3 is 0 Å². The molecule has 0 atom stereocenters. The molecule has 0 N–H and O–H groups in total. The Morgan fingerprint density at radius 1 is 0.857 bits per heavy atom. The van der Waals surface area contributed by atoms with Gasteiger partial charge in [-0.3, -0.25) is 0 Å². The first-order chi connectivity index (χ1) is 10.1. The Hall–Kier alpha value is -1.48. The van der Waals surface area contributed by atoms with Crippen LogP contribution in [0.25, 0.3) is 22.2 Å². The molecule has 2 nitrogen and oxygen atoms in total. The first kappa shape index (κ1) is 14.5. The van der Waals surface area contributed by atoms with Crippen LogP contribution in [-0.2, 0) is 0 Å². The van der Waals surface area contributed by atoms with E-state index in [9.17, 15) is 0 Å². The summed E-state index contributed by atoms with van der Waals surface area (Å²) in [6, 6.07) is 12.8. The molecule has 0 radical (unpaired) electrons. The summed E-state index contributed by atoms with van der Waals surface area (Å²) in [6.07, 6.45) is 0. The summed E-state index contributed by atoms with van der Waals surface area (Å²) in [4.78, 5) is 4.62. The van der Waals surface area contributed by atoms with Crippen LogP contribution in [0.4, 0.5) is 0 Å². The van der Waals surface area contributed by atoms with E-state index in [4.69, 9.17) is 39.5 Å². The van der Waals surface area contributed by atoms with Gasteiger partial charge in [-0.25, -0.2) is 4.98 Å². The van der Waals surface area contributed by atoms with Crippen LogP contribution in [0.15, 0.2) is 42.5 Å². The van der Waals surface area contributed by atoms with E-state index >= 15 is 0 Å². The summed E-state index contributed by atoms with van der Waals surface area (Å²) in [5, 5.41) is 2.50. The van der Waals surface area contributed by atoms with Gasteiger partial charge in [-0.2, -0.15) is 0 Å². The number of aromatic nitrogens is 1. The van der Waals surface area contributed by atoms with Crippen molar-refractivity contribution in [3.05, 3.63) is 57.5 Å². The Balaban J connectivity index is 2.20. The second-order valence-corrected chi connectivity index (χ2v) is 5.72. The molecule has 1 aromatic heterocycles. The normalized spacial score (nSPS) is 10.9. The molecule has 0 saturated carbocycles. The lowest BCUT2D eigenvalue weighted by atomic mass is 10.1. The molecule has 0 aliphatic heterocycles. The first-order valence-corrected chi connectivity index (χ1v) is 7.31. The maximum absolute atomic E-state index is 6.34. The molecule has 0 unspecified atom stereocenters. The third-order valence-corrected chi connectivity index (χ3v) is 4.23. The van der Waals surface area contributed by atoms with Gasteiger partial charge in [-0.1, -0.05) is 40.9 Å². The quantitative estimate of drug-likeness (QED) is 0.583. The second kappa shape index (κ2) is 5.72. The van der Waals surface area contributed by atoms with E-state index in [2.05, 4.69) is 4.98 Å². The van der Waals surface area contributed by atoms with E-state index in [-0.39, 0.29) is 0 Å². The standard InChI is InChI=1S/C16H10Cl3NO/c1-21-10-3-4-11-13(18)8-15(20-16(11)7-10)9-2-5-12(17)14(19)6-9/h2-8H,1H3. The number of pyridine rings is 1. The van der Waals surface area contributed by atoms with Crippen molar-refractivity contribution in [2.75, 3.05) is 7.11 Å². The predicted octanol–water partition coefficient (Wildman–Crippen LogP) is 5.87. The number of nitrogens with zero attached hydrogens (tertiary/aromatic N) is 1. The molecule has 106 valence electrons. The molecule has 0 saturated heterocycles. The molecular weight excluding hydrogens is 329 g/mol. The lowest BCUT2D eigenvalue weighted by molar-refractivity contribution is 0.415. The third-order valence-electron chi connectivity index (χ3n) is 3.18. The van der Waals surface area contributed by atoms with Gasteiger partial charge in [0.05, 0.1) is 33.4 Å². The Labute approximate surface area is 137 Å². The number of fused-ring (bicyclic) bond motifs is 1. The summed E-state index contributed by atoms with van der Waals surface area (Å²) < 4.78 is 5.22. The van der Waals surface area contributed by atoms with Crippen LogP contribution >= 0.6 is 34.8 Å². The third kappa shape index (κ3) is 2.80. The fraction of sp³-hybridized carbons (Fsp3) is 0.0625. The number of hydrogen-bond acceptors (Lipinski definition) is 2. The maximum Gasteiger partial charge on any atom is 0.121 e. The lowest BCUT2D eigenvalue weighted by Crippen LogP contribution is -1.89. The average molecular weight is 339 g/mol. The van der Waals surface area contributed by atoms with Gasteiger partial charge in [0.15, 0.2) is 0 Å². The molecule has 21 heavy (non-hydrogen) atoms. The average Bonchev–Trinajstić information content (AvgIpc) is 2.49. The van der Waals surface area contributed by atoms with Crippen molar-refractivity contribution in [2.24, 2.45) is 0 Å². The zero-order valence-electron chi connectivity index (χ0n) is 11.0. The summed E-state index contributed by atoms with van der Waals surface area (Å²) in [5.74, 6) is 0.734. The van der Waals surface area contributed by atoms with Crippen LogP contribution in [0.5, 0.6) is 5.75 Å². The molecule has 0 fully saturated rings.